The van der Waals surface area contributed by atoms with Gasteiger partial charge in [0.2, 0.25) is 0 Å². The van der Waals surface area contributed by atoms with Crippen molar-refractivity contribution in [1.29, 1.82) is 0 Å². The summed E-state index contributed by atoms with van der Waals surface area (Å²) < 4.78 is 46.1. The smallest absolute Gasteiger partial charge is 0.360 e. The van der Waals surface area contributed by atoms with E-state index in [-0.39, 0.29) is 0 Å². The first-order chi connectivity index (χ1) is 10.7. The molecule has 1 atom stereocenters. The van der Waals surface area contributed by atoms with E-state index < -0.39 is 24.8 Å². The summed E-state index contributed by atoms with van der Waals surface area (Å²) >= 11 is 0. The average Bonchev–Trinajstić information content (AvgIpc) is 2.89. The van der Waals surface area contributed by atoms with Crippen LogP contribution in [0.2, 0.25) is 0 Å². The molecular weight excluding hydrogens is 315 g/mol. The molecule has 1 saturated heterocycles. The highest BCUT2D eigenvalue weighted by atomic mass is 19.4. The zero-order chi connectivity index (χ0) is 17.0. The number of hydrogen-bond donors (Lipinski definition) is 0. The van der Waals surface area contributed by atoms with E-state index in [0.29, 0.717) is 32.7 Å². The van der Waals surface area contributed by atoms with Crippen molar-refractivity contribution in [3.05, 3.63) is 17.5 Å². The Labute approximate surface area is 132 Å². The second kappa shape index (κ2) is 7.31. The van der Waals surface area contributed by atoms with Crippen molar-refractivity contribution in [1.82, 2.24) is 15.0 Å². The molecule has 1 amide bonds. The molecule has 23 heavy (non-hydrogen) atoms. The van der Waals surface area contributed by atoms with Crippen molar-refractivity contribution in [3.63, 3.8) is 0 Å². The molecule has 1 aromatic rings. The number of ether oxygens (including phenoxy) is 1. The second-order valence-corrected chi connectivity index (χ2v) is 5.60. The Bertz CT molecular complexity index is 525. The molecular formula is C14H20F3N3O3. The van der Waals surface area contributed by atoms with Crippen LogP contribution in [-0.4, -0.2) is 65.9 Å². The van der Waals surface area contributed by atoms with Gasteiger partial charge < -0.3 is 14.2 Å². The molecule has 1 aliphatic rings. The SMILES string of the molecule is Cc1cc(CN2CCN(C(=O)[C@H](C)OCC(F)(F)F)CC2)on1. The van der Waals surface area contributed by atoms with Gasteiger partial charge in [0.25, 0.3) is 5.91 Å². The van der Waals surface area contributed by atoms with Crippen LogP contribution < -0.4 is 0 Å². The fraction of sp³-hybridized carbons (Fsp3) is 0.714. The molecule has 1 fully saturated rings. The summed E-state index contributed by atoms with van der Waals surface area (Å²) in [4.78, 5) is 15.7. The van der Waals surface area contributed by atoms with Gasteiger partial charge in [-0.1, -0.05) is 5.16 Å². The molecule has 0 N–H and O–H groups in total. The molecule has 6 nitrogen and oxygen atoms in total. The highest BCUT2D eigenvalue weighted by Crippen LogP contribution is 2.16. The van der Waals surface area contributed by atoms with E-state index in [0.717, 1.165) is 11.5 Å². The maximum atomic E-state index is 12.1. The first-order valence-corrected chi connectivity index (χ1v) is 7.36. The van der Waals surface area contributed by atoms with Crippen LogP contribution in [0.5, 0.6) is 0 Å². The van der Waals surface area contributed by atoms with Crippen molar-refractivity contribution >= 4 is 5.91 Å². The number of piperazine rings is 1. The van der Waals surface area contributed by atoms with Crippen LogP contribution in [0.15, 0.2) is 10.6 Å². The van der Waals surface area contributed by atoms with Crippen molar-refractivity contribution in [3.8, 4) is 0 Å². The minimum absolute atomic E-state index is 0.413. The van der Waals surface area contributed by atoms with Gasteiger partial charge in [0, 0.05) is 32.2 Å². The summed E-state index contributed by atoms with van der Waals surface area (Å²) in [6, 6.07) is 1.85. The van der Waals surface area contributed by atoms with Crippen molar-refractivity contribution < 1.29 is 27.2 Å². The Morgan fingerprint density at radius 1 is 1.39 bits per heavy atom. The third-order valence-electron chi connectivity index (χ3n) is 3.58. The van der Waals surface area contributed by atoms with Gasteiger partial charge in [-0.2, -0.15) is 13.2 Å². The quantitative estimate of drug-likeness (QED) is 0.818. The van der Waals surface area contributed by atoms with Crippen molar-refractivity contribution in [2.75, 3.05) is 32.8 Å². The lowest BCUT2D eigenvalue weighted by atomic mass is 10.2. The molecule has 1 aromatic heterocycles. The number of aromatic nitrogens is 1. The molecule has 1 aliphatic heterocycles. The number of alkyl halides is 3. The number of hydrogen-bond acceptors (Lipinski definition) is 5. The Balaban J connectivity index is 1.75. The van der Waals surface area contributed by atoms with Gasteiger partial charge in [-0.05, 0) is 13.8 Å². The number of amides is 1. The van der Waals surface area contributed by atoms with Crippen LogP contribution in [0, 0.1) is 6.92 Å². The van der Waals surface area contributed by atoms with E-state index in [4.69, 9.17) is 4.52 Å². The summed E-state index contributed by atoms with van der Waals surface area (Å²) in [6.07, 6.45) is -5.53. The molecule has 0 aliphatic carbocycles. The molecule has 130 valence electrons. The summed E-state index contributed by atoms with van der Waals surface area (Å²) in [5.74, 6) is 0.341. The summed E-state index contributed by atoms with van der Waals surface area (Å²) in [6.45, 7) is 4.52. The number of carbonyl (C=O) groups excluding carboxylic acids is 1. The maximum absolute atomic E-state index is 12.1. The predicted molar refractivity (Wildman–Crippen MR) is 74.6 cm³/mol. The monoisotopic (exact) mass is 335 g/mol. The second-order valence-electron chi connectivity index (χ2n) is 5.60. The molecule has 2 heterocycles. The number of aryl methyl sites for hydroxylation is 1. The summed E-state index contributed by atoms with van der Waals surface area (Å²) in [7, 11) is 0. The number of halogens is 3. The molecule has 0 saturated carbocycles. The average molecular weight is 335 g/mol. The molecule has 0 aromatic carbocycles. The number of nitrogens with zero attached hydrogens (tertiary/aromatic N) is 3. The van der Waals surface area contributed by atoms with Crippen molar-refractivity contribution in [2.45, 2.75) is 32.7 Å². The number of rotatable bonds is 5. The van der Waals surface area contributed by atoms with Gasteiger partial charge in [-0.25, -0.2) is 0 Å². The van der Waals surface area contributed by atoms with E-state index in [2.05, 4.69) is 14.8 Å². The van der Waals surface area contributed by atoms with Gasteiger partial charge in [-0.15, -0.1) is 0 Å². The lowest BCUT2D eigenvalue weighted by Crippen LogP contribution is -2.51. The summed E-state index contributed by atoms with van der Waals surface area (Å²) in [5, 5.41) is 3.81. The van der Waals surface area contributed by atoms with Gasteiger partial charge >= 0.3 is 6.18 Å². The van der Waals surface area contributed by atoms with Crippen LogP contribution in [0.1, 0.15) is 18.4 Å². The van der Waals surface area contributed by atoms with E-state index >= 15 is 0 Å². The van der Waals surface area contributed by atoms with Gasteiger partial charge in [0.15, 0.2) is 5.76 Å². The van der Waals surface area contributed by atoms with E-state index in [1.165, 1.54) is 11.8 Å². The topological polar surface area (TPSA) is 58.8 Å². The Morgan fingerprint density at radius 3 is 2.57 bits per heavy atom. The van der Waals surface area contributed by atoms with Crippen LogP contribution in [0.3, 0.4) is 0 Å². The van der Waals surface area contributed by atoms with Crippen LogP contribution in [0.25, 0.3) is 0 Å². The highest BCUT2D eigenvalue weighted by Gasteiger charge is 2.32. The molecule has 9 heteroatoms. The lowest BCUT2D eigenvalue weighted by Gasteiger charge is -2.35. The van der Waals surface area contributed by atoms with Crippen molar-refractivity contribution in [2.24, 2.45) is 0 Å². The van der Waals surface area contributed by atoms with Gasteiger partial charge in [-0.3, -0.25) is 9.69 Å². The Kier molecular flexibility index (Phi) is 5.64. The number of carbonyl (C=O) groups is 1. The Hall–Kier alpha value is -1.61. The van der Waals surface area contributed by atoms with Crippen LogP contribution in [-0.2, 0) is 16.1 Å². The lowest BCUT2D eigenvalue weighted by molar-refractivity contribution is -0.188. The molecule has 2 rings (SSSR count). The van der Waals surface area contributed by atoms with Crippen LogP contribution in [0.4, 0.5) is 13.2 Å². The van der Waals surface area contributed by atoms with E-state index in [1.54, 1.807) is 0 Å². The summed E-state index contributed by atoms with van der Waals surface area (Å²) in [5.41, 5.74) is 0.810. The standard InChI is InChI=1S/C14H20F3N3O3/c1-10-7-12(23-18-10)8-19-3-5-20(6-4-19)13(21)11(2)22-9-14(15,16)17/h7,11H,3-6,8-9H2,1-2H3/t11-/m0/s1. The highest BCUT2D eigenvalue weighted by molar-refractivity contribution is 5.80. The largest absolute Gasteiger partial charge is 0.411 e. The molecule has 0 bridgehead atoms. The normalized spacial score (nSPS) is 18.2. The Morgan fingerprint density at radius 2 is 2.04 bits per heavy atom. The zero-order valence-electron chi connectivity index (χ0n) is 13.1. The van der Waals surface area contributed by atoms with E-state index in [9.17, 15) is 18.0 Å². The first-order valence-electron chi connectivity index (χ1n) is 7.36. The molecule has 0 unspecified atom stereocenters. The third kappa shape index (κ3) is 5.51. The molecule has 0 radical (unpaired) electrons. The first kappa shape index (κ1) is 17.7. The van der Waals surface area contributed by atoms with Crippen LogP contribution >= 0.6 is 0 Å². The zero-order valence-corrected chi connectivity index (χ0v) is 13.1. The fourth-order valence-electron chi connectivity index (χ4n) is 2.39. The maximum Gasteiger partial charge on any atom is 0.411 e. The predicted octanol–water partition coefficient (Wildman–Crippen LogP) is 1.59. The van der Waals surface area contributed by atoms with Gasteiger partial charge in [0.05, 0.1) is 12.2 Å². The minimum Gasteiger partial charge on any atom is -0.360 e. The minimum atomic E-state index is -4.43. The van der Waals surface area contributed by atoms with Gasteiger partial charge in [0.1, 0.15) is 12.7 Å². The third-order valence-corrected chi connectivity index (χ3v) is 3.58. The molecule has 0 spiro atoms. The van der Waals surface area contributed by atoms with E-state index in [1.807, 2.05) is 13.0 Å². The fourth-order valence-corrected chi connectivity index (χ4v) is 2.39.